The van der Waals surface area contributed by atoms with Crippen molar-refractivity contribution in [2.75, 3.05) is 19.8 Å². The van der Waals surface area contributed by atoms with Crippen LogP contribution in [0.2, 0.25) is 0 Å². The van der Waals surface area contributed by atoms with E-state index in [-0.39, 0.29) is 17.8 Å². The molecule has 3 aromatic carbocycles. The molecule has 6 nitrogen and oxygen atoms in total. The third kappa shape index (κ3) is 5.87. The molecule has 0 spiro atoms. The summed E-state index contributed by atoms with van der Waals surface area (Å²) in [4.78, 5) is 13.3. The normalized spacial score (nSPS) is 20.5. The maximum atomic E-state index is 14.8. The van der Waals surface area contributed by atoms with E-state index in [2.05, 4.69) is 22.4 Å². The lowest BCUT2D eigenvalue weighted by molar-refractivity contribution is 0.0475. The molecule has 1 amide bonds. The van der Waals surface area contributed by atoms with Gasteiger partial charge in [0.25, 0.3) is 5.91 Å². The number of amides is 1. The highest BCUT2D eigenvalue weighted by Gasteiger charge is 2.37. The van der Waals surface area contributed by atoms with Gasteiger partial charge in [-0.1, -0.05) is 31.5 Å². The molecule has 0 unspecified atom stereocenters. The summed E-state index contributed by atoms with van der Waals surface area (Å²) < 4.78 is 26.7. The monoisotopic (exact) mass is 555 g/mol. The number of carbonyl (C=O) groups excluding carboxylic acids is 1. The van der Waals surface area contributed by atoms with E-state index < -0.39 is 5.41 Å². The van der Waals surface area contributed by atoms with Crippen molar-refractivity contribution in [1.29, 1.82) is 0 Å². The van der Waals surface area contributed by atoms with Gasteiger partial charge >= 0.3 is 0 Å². The first kappa shape index (κ1) is 27.5. The molecule has 0 radical (unpaired) electrons. The summed E-state index contributed by atoms with van der Waals surface area (Å²) >= 11 is 0. The molecule has 4 aromatic rings. The number of nitrogens with zero attached hydrogens (tertiary/aromatic N) is 1. The van der Waals surface area contributed by atoms with E-state index in [9.17, 15) is 9.18 Å². The predicted molar refractivity (Wildman–Crippen MR) is 159 cm³/mol. The number of ether oxygens (including phenoxy) is 2. The molecule has 2 fully saturated rings. The standard InChI is InChI=1S/C34H38FN3O3/c1-2-23-7-12-26(13-8-23)41-27-14-9-24(10-15-27)32-28-21-25(11-16-31(28)37-38-32)33(39)36-22-34(17-19-40-20-18-34)29-5-3-4-6-30(29)35/h3-6,9-11,14-16,21,23,26H,2,7-8,12-13,17-20,22H2,1H3,(H,36,39)(H,37,38). The highest BCUT2D eigenvalue weighted by atomic mass is 19.1. The zero-order valence-corrected chi connectivity index (χ0v) is 23.6. The Morgan fingerprint density at radius 1 is 1.05 bits per heavy atom. The number of aromatic nitrogens is 2. The van der Waals surface area contributed by atoms with Crippen LogP contribution < -0.4 is 10.1 Å². The molecule has 214 valence electrons. The van der Waals surface area contributed by atoms with Crippen LogP contribution in [-0.2, 0) is 10.2 Å². The van der Waals surface area contributed by atoms with Crippen molar-refractivity contribution in [3.63, 3.8) is 0 Å². The Morgan fingerprint density at radius 2 is 1.80 bits per heavy atom. The molecular weight excluding hydrogens is 517 g/mol. The number of carbonyl (C=O) groups is 1. The lowest BCUT2D eigenvalue weighted by Gasteiger charge is -2.38. The van der Waals surface area contributed by atoms with Gasteiger partial charge in [0, 0.05) is 41.7 Å². The Hall–Kier alpha value is -3.71. The highest BCUT2D eigenvalue weighted by molar-refractivity contribution is 6.01. The van der Waals surface area contributed by atoms with Crippen molar-refractivity contribution in [1.82, 2.24) is 15.5 Å². The van der Waals surface area contributed by atoms with Crippen molar-refractivity contribution in [2.45, 2.75) is 63.4 Å². The molecule has 1 saturated heterocycles. The summed E-state index contributed by atoms with van der Waals surface area (Å²) in [5, 5.41) is 11.6. The van der Waals surface area contributed by atoms with E-state index in [1.807, 2.05) is 48.5 Å². The van der Waals surface area contributed by atoms with Crippen LogP contribution in [0, 0.1) is 11.7 Å². The molecule has 0 bridgehead atoms. The molecule has 2 aliphatic rings. The van der Waals surface area contributed by atoms with Crippen LogP contribution in [0.25, 0.3) is 22.2 Å². The molecule has 6 rings (SSSR count). The topological polar surface area (TPSA) is 76.2 Å². The van der Waals surface area contributed by atoms with Crippen molar-refractivity contribution in [3.8, 4) is 17.0 Å². The second-order valence-corrected chi connectivity index (χ2v) is 11.6. The van der Waals surface area contributed by atoms with Crippen LogP contribution in [0.15, 0.2) is 66.7 Å². The number of hydrogen-bond acceptors (Lipinski definition) is 4. The van der Waals surface area contributed by atoms with Gasteiger partial charge < -0.3 is 14.8 Å². The molecule has 1 aromatic heterocycles. The number of aromatic amines is 1. The quantitative estimate of drug-likeness (QED) is 0.241. The Balaban J connectivity index is 1.16. The SMILES string of the molecule is CCC1CCC(Oc2ccc(-c3n[nH]c4ccc(C(=O)NCC5(c6ccccc6F)CCOCC5)cc34)cc2)CC1. The number of H-pyrrole nitrogens is 1. The van der Waals surface area contributed by atoms with Gasteiger partial charge in [-0.15, -0.1) is 0 Å². The van der Waals surface area contributed by atoms with Gasteiger partial charge in [-0.2, -0.15) is 5.10 Å². The van der Waals surface area contributed by atoms with E-state index in [1.54, 1.807) is 12.1 Å². The number of fused-ring (bicyclic) bond motifs is 1. The molecule has 1 saturated carbocycles. The van der Waals surface area contributed by atoms with E-state index in [1.165, 1.54) is 25.3 Å². The zero-order chi connectivity index (χ0) is 28.2. The van der Waals surface area contributed by atoms with Gasteiger partial charge in [0.15, 0.2) is 0 Å². The number of rotatable bonds is 8. The van der Waals surface area contributed by atoms with Crippen LogP contribution in [0.3, 0.4) is 0 Å². The third-order valence-corrected chi connectivity index (χ3v) is 9.11. The molecule has 1 aliphatic carbocycles. The predicted octanol–water partition coefficient (Wildman–Crippen LogP) is 7.19. The van der Waals surface area contributed by atoms with E-state index in [0.29, 0.717) is 43.7 Å². The van der Waals surface area contributed by atoms with E-state index in [4.69, 9.17) is 9.47 Å². The molecule has 0 atom stereocenters. The average Bonchev–Trinajstić information content (AvgIpc) is 3.45. The van der Waals surface area contributed by atoms with Crippen LogP contribution in [0.5, 0.6) is 5.75 Å². The first-order valence-corrected chi connectivity index (χ1v) is 14.9. The number of hydrogen-bond donors (Lipinski definition) is 2. The summed E-state index contributed by atoms with van der Waals surface area (Å²) in [6.07, 6.45) is 7.56. The maximum absolute atomic E-state index is 14.8. The fraction of sp³-hybridized carbons (Fsp3) is 0.412. The van der Waals surface area contributed by atoms with Crippen molar-refractivity contribution >= 4 is 16.8 Å². The van der Waals surface area contributed by atoms with Crippen LogP contribution in [0.1, 0.15) is 67.8 Å². The van der Waals surface area contributed by atoms with Crippen LogP contribution in [0.4, 0.5) is 4.39 Å². The number of halogens is 1. The van der Waals surface area contributed by atoms with Crippen molar-refractivity contribution < 1.29 is 18.7 Å². The summed E-state index contributed by atoms with van der Waals surface area (Å²) in [5.41, 5.74) is 3.28. The molecule has 41 heavy (non-hydrogen) atoms. The molecule has 2 N–H and O–H groups in total. The van der Waals surface area contributed by atoms with Gasteiger partial charge in [-0.25, -0.2) is 4.39 Å². The van der Waals surface area contributed by atoms with Crippen molar-refractivity contribution in [3.05, 3.63) is 83.7 Å². The molecule has 7 heteroatoms. The van der Waals surface area contributed by atoms with Crippen molar-refractivity contribution in [2.24, 2.45) is 5.92 Å². The minimum Gasteiger partial charge on any atom is -0.490 e. The fourth-order valence-electron chi connectivity index (χ4n) is 6.46. The molecule has 1 aliphatic heterocycles. The third-order valence-electron chi connectivity index (χ3n) is 9.11. The summed E-state index contributed by atoms with van der Waals surface area (Å²) in [6.45, 7) is 3.69. The Labute approximate surface area is 240 Å². The fourth-order valence-corrected chi connectivity index (χ4v) is 6.46. The van der Waals surface area contributed by atoms with E-state index in [0.717, 1.165) is 46.7 Å². The van der Waals surface area contributed by atoms with E-state index >= 15 is 0 Å². The van der Waals surface area contributed by atoms with Crippen LogP contribution >= 0.6 is 0 Å². The lowest BCUT2D eigenvalue weighted by Crippen LogP contribution is -2.45. The first-order chi connectivity index (χ1) is 20.0. The Morgan fingerprint density at radius 3 is 2.54 bits per heavy atom. The average molecular weight is 556 g/mol. The zero-order valence-electron chi connectivity index (χ0n) is 23.6. The van der Waals surface area contributed by atoms with Gasteiger partial charge in [-0.05, 0) is 98.5 Å². The van der Waals surface area contributed by atoms with Gasteiger partial charge in [-0.3, -0.25) is 9.89 Å². The van der Waals surface area contributed by atoms with Gasteiger partial charge in [0.2, 0.25) is 0 Å². The summed E-state index contributed by atoms with van der Waals surface area (Å²) in [5.74, 6) is 1.29. The summed E-state index contributed by atoms with van der Waals surface area (Å²) in [6, 6.07) is 20.5. The maximum Gasteiger partial charge on any atom is 0.251 e. The minimum atomic E-state index is -0.497. The number of nitrogens with one attached hydrogen (secondary N) is 2. The molecule has 2 heterocycles. The summed E-state index contributed by atoms with van der Waals surface area (Å²) in [7, 11) is 0. The highest BCUT2D eigenvalue weighted by Crippen LogP contribution is 2.36. The van der Waals surface area contributed by atoms with Gasteiger partial charge in [0.1, 0.15) is 11.6 Å². The largest absolute Gasteiger partial charge is 0.490 e. The first-order valence-electron chi connectivity index (χ1n) is 14.9. The Bertz CT molecular complexity index is 1480. The smallest absolute Gasteiger partial charge is 0.251 e. The second kappa shape index (κ2) is 12.0. The van der Waals surface area contributed by atoms with Gasteiger partial charge in [0.05, 0.1) is 17.3 Å². The van der Waals surface area contributed by atoms with Crippen LogP contribution in [-0.4, -0.2) is 42.0 Å². The second-order valence-electron chi connectivity index (χ2n) is 11.6. The molecular formula is C34H38FN3O3. The minimum absolute atomic E-state index is 0.192. The Kier molecular flexibility index (Phi) is 8.06. The number of benzene rings is 3. The lowest BCUT2D eigenvalue weighted by atomic mass is 9.73.